The fraction of sp³-hybridized carbons (Fsp3) is 0.450. The van der Waals surface area contributed by atoms with Crippen molar-refractivity contribution in [3.8, 4) is 5.75 Å². The van der Waals surface area contributed by atoms with Gasteiger partial charge in [0.1, 0.15) is 17.3 Å². The predicted octanol–water partition coefficient (Wildman–Crippen LogP) is 4.33. The number of hydrogen-bond acceptors (Lipinski definition) is 3. The normalized spacial score (nSPS) is 15.4. The van der Waals surface area contributed by atoms with E-state index in [1.807, 2.05) is 19.1 Å². The van der Waals surface area contributed by atoms with Crippen LogP contribution < -0.4 is 4.74 Å². The van der Waals surface area contributed by atoms with Gasteiger partial charge in [0.25, 0.3) is 0 Å². The number of carbonyl (C=O) groups is 1. The molecule has 2 aromatic rings. The first kappa shape index (κ1) is 17.2. The van der Waals surface area contributed by atoms with Crippen LogP contribution in [0.2, 0.25) is 0 Å². The van der Waals surface area contributed by atoms with Crippen molar-refractivity contribution in [2.75, 3.05) is 24.7 Å². The largest absolute Gasteiger partial charge is 0.481 e. The molecule has 0 radical (unpaired) electrons. The number of esters is 1. The van der Waals surface area contributed by atoms with Gasteiger partial charge >= 0.3 is 5.97 Å². The molecule has 0 N–H and O–H groups in total. The highest BCUT2D eigenvalue weighted by molar-refractivity contribution is 7.97. The van der Waals surface area contributed by atoms with Gasteiger partial charge in [-0.3, -0.25) is 0 Å². The SMILES string of the molecule is CCCOC(=O)COc1ccc([S+]2CCCCC2)c2ccccc12. The summed E-state index contributed by atoms with van der Waals surface area (Å²) in [6.45, 7) is 2.39. The van der Waals surface area contributed by atoms with Crippen LogP contribution in [0.15, 0.2) is 41.3 Å². The van der Waals surface area contributed by atoms with E-state index >= 15 is 0 Å². The zero-order chi connectivity index (χ0) is 16.8. The third kappa shape index (κ3) is 4.04. The highest BCUT2D eigenvalue weighted by Gasteiger charge is 2.27. The van der Waals surface area contributed by atoms with Gasteiger partial charge < -0.3 is 9.47 Å². The Labute approximate surface area is 146 Å². The summed E-state index contributed by atoms with van der Waals surface area (Å²) < 4.78 is 10.8. The molecule has 3 rings (SSSR count). The molecule has 1 fully saturated rings. The van der Waals surface area contributed by atoms with Crippen LogP contribution in [0.5, 0.6) is 5.75 Å². The summed E-state index contributed by atoms with van der Waals surface area (Å²) in [6.07, 6.45) is 4.85. The third-order valence-electron chi connectivity index (χ3n) is 4.25. The summed E-state index contributed by atoms with van der Waals surface area (Å²) in [6, 6.07) is 12.6. The quantitative estimate of drug-likeness (QED) is 0.577. The van der Waals surface area contributed by atoms with Gasteiger partial charge in [-0.2, -0.15) is 0 Å². The van der Waals surface area contributed by atoms with Crippen LogP contribution in [0.25, 0.3) is 10.8 Å². The second-order valence-electron chi connectivity index (χ2n) is 6.08. The molecule has 4 heteroatoms. The Morgan fingerprint density at radius 1 is 1.04 bits per heavy atom. The fourth-order valence-electron chi connectivity index (χ4n) is 3.07. The van der Waals surface area contributed by atoms with Crippen molar-refractivity contribution in [3.05, 3.63) is 36.4 Å². The minimum Gasteiger partial charge on any atom is -0.481 e. The Balaban J connectivity index is 1.81. The Morgan fingerprint density at radius 2 is 1.79 bits per heavy atom. The van der Waals surface area contributed by atoms with Crippen LogP contribution in [0.1, 0.15) is 32.6 Å². The number of fused-ring (bicyclic) bond motifs is 1. The molecule has 1 saturated heterocycles. The van der Waals surface area contributed by atoms with E-state index in [0.717, 1.165) is 17.6 Å². The average molecular weight is 345 g/mol. The lowest BCUT2D eigenvalue weighted by atomic mass is 10.1. The first-order valence-electron chi connectivity index (χ1n) is 8.77. The smallest absolute Gasteiger partial charge is 0.344 e. The van der Waals surface area contributed by atoms with E-state index in [0.29, 0.717) is 17.5 Å². The molecular formula is C20H25O3S+. The number of rotatable bonds is 6. The van der Waals surface area contributed by atoms with Gasteiger partial charge in [-0.15, -0.1) is 0 Å². The van der Waals surface area contributed by atoms with Crippen molar-refractivity contribution in [2.24, 2.45) is 0 Å². The summed E-state index contributed by atoms with van der Waals surface area (Å²) >= 11 is 0. The molecular weight excluding hydrogens is 320 g/mol. The van der Waals surface area contributed by atoms with Crippen LogP contribution in [0, 0.1) is 0 Å². The highest BCUT2D eigenvalue weighted by Crippen LogP contribution is 2.34. The van der Waals surface area contributed by atoms with E-state index in [2.05, 4.69) is 24.3 Å². The second-order valence-corrected chi connectivity index (χ2v) is 8.32. The van der Waals surface area contributed by atoms with Gasteiger partial charge in [0.15, 0.2) is 11.5 Å². The second kappa shape index (κ2) is 8.43. The van der Waals surface area contributed by atoms with E-state index in [9.17, 15) is 4.79 Å². The third-order valence-corrected chi connectivity index (χ3v) is 6.79. The van der Waals surface area contributed by atoms with E-state index in [1.54, 1.807) is 0 Å². The summed E-state index contributed by atoms with van der Waals surface area (Å²) in [5.41, 5.74) is 0. The van der Waals surface area contributed by atoms with E-state index in [-0.39, 0.29) is 12.6 Å². The first-order chi connectivity index (χ1) is 11.8. The molecule has 0 atom stereocenters. The number of hydrogen-bond donors (Lipinski definition) is 0. The summed E-state index contributed by atoms with van der Waals surface area (Å²) in [7, 11) is 0.345. The van der Waals surface area contributed by atoms with Gasteiger partial charge in [-0.05, 0) is 43.9 Å². The van der Waals surface area contributed by atoms with Crippen molar-refractivity contribution in [3.63, 3.8) is 0 Å². The molecule has 0 aliphatic carbocycles. The Hall–Kier alpha value is -1.68. The average Bonchev–Trinajstić information content (AvgIpc) is 2.65. The van der Waals surface area contributed by atoms with Crippen LogP contribution in [0.4, 0.5) is 0 Å². The van der Waals surface area contributed by atoms with Crippen LogP contribution >= 0.6 is 0 Å². The minimum absolute atomic E-state index is 0.0327. The number of carbonyl (C=O) groups excluding carboxylic acids is 1. The topological polar surface area (TPSA) is 35.5 Å². The molecule has 0 saturated carbocycles. The van der Waals surface area contributed by atoms with Crippen molar-refractivity contribution in [2.45, 2.75) is 37.5 Å². The molecule has 2 aromatic carbocycles. The number of benzene rings is 2. The number of ether oxygens (including phenoxy) is 2. The van der Waals surface area contributed by atoms with Crippen molar-refractivity contribution in [1.82, 2.24) is 0 Å². The lowest BCUT2D eigenvalue weighted by molar-refractivity contribution is -0.145. The summed E-state index contributed by atoms with van der Waals surface area (Å²) in [5, 5.41) is 2.36. The molecule has 0 bridgehead atoms. The van der Waals surface area contributed by atoms with Gasteiger partial charge in [0, 0.05) is 21.7 Å². The van der Waals surface area contributed by atoms with Crippen LogP contribution in [0.3, 0.4) is 0 Å². The maximum Gasteiger partial charge on any atom is 0.344 e. The zero-order valence-electron chi connectivity index (χ0n) is 14.3. The molecule has 0 aromatic heterocycles. The highest BCUT2D eigenvalue weighted by atomic mass is 32.2. The minimum atomic E-state index is -0.306. The molecule has 0 spiro atoms. The maximum absolute atomic E-state index is 11.7. The molecule has 3 nitrogen and oxygen atoms in total. The molecule has 128 valence electrons. The Bertz CT molecular complexity index is 692. The van der Waals surface area contributed by atoms with Crippen LogP contribution in [-0.2, 0) is 20.4 Å². The van der Waals surface area contributed by atoms with E-state index < -0.39 is 0 Å². The van der Waals surface area contributed by atoms with Crippen molar-refractivity contribution in [1.29, 1.82) is 0 Å². The molecule has 1 aliphatic rings. The van der Waals surface area contributed by atoms with Gasteiger partial charge in [0.05, 0.1) is 6.61 Å². The maximum atomic E-state index is 11.7. The fourth-order valence-corrected chi connectivity index (χ4v) is 5.57. The molecule has 0 amide bonds. The molecule has 24 heavy (non-hydrogen) atoms. The van der Waals surface area contributed by atoms with E-state index in [1.165, 1.54) is 41.0 Å². The van der Waals surface area contributed by atoms with Crippen molar-refractivity contribution < 1.29 is 14.3 Å². The molecule has 1 heterocycles. The Morgan fingerprint density at radius 3 is 2.54 bits per heavy atom. The van der Waals surface area contributed by atoms with Gasteiger partial charge in [-0.1, -0.05) is 25.1 Å². The van der Waals surface area contributed by atoms with Gasteiger partial charge in [-0.25, -0.2) is 4.79 Å². The monoisotopic (exact) mass is 345 g/mol. The molecule has 0 unspecified atom stereocenters. The standard InChI is InChI=1S/C20H25O3S/c1-2-12-22-20(21)15-23-18-10-11-19(24-13-6-3-7-14-24)17-9-5-4-8-16(17)18/h4-5,8-11H,2-3,6-7,12-15H2,1H3/q+1. The van der Waals surface area contributed by atoms with Gasteiger partial charge in [0.2, 0.25) is 0 Å². The lowest BCUT2D eigenvalue weighted by Crippen LogP contribution is -2.18. The summed E-state index contributed by atoms with van der Waals surface area (Å²) in [4.78, 5) is 13.1. The Kier molecular flexibility index (Phi) is 6.02. The lowest BCUT2D eigenvalue weighted by Gasteiger charge is -2.16. The summed E-state index contributed by atoms with van der Waals surface area (Å²) in [5.74, 6) is 3.06. The first-order valence-corrected chi connectivity index (χ1v) is 10.3. The zero-order valence-corrected chi connectivity index (χ0v) is 15.1. The molecule has 1 aliphatic heterocycles. The van der Waals surface area contributed by atoms with Crippen LogP contribution in [-0.4, -0.2) is 30.7 Å². The predicted molar refractivity (Wildman–Crippen MR) is 99.9 cm³/mol. The van der Waals surface area contributed by atoms with Crippen molar-refractivity contribution >= 4 is 27.6 Å². The van der Waals surface area contributed by atoms with E-state index in [4.69, 9.17) is 9.47 Å².